The lowest BCUT2D eigenvalue weighted by molar-refractivity contribution is 0.0949. The molecule has 1 aliphatic carbocycles. The van der Waals surface area contributed by atoms with E-state index in [-0.39, 0.29) is 5.91 Å². The van der Waals surface area contributed by atoms with Gasteiger partial charge in [-0.25, -0.2) is 5.43 Å². The number of nitrogens with one attached hydrogen (secondary N) is 2. The third-order valence-corrected chi connectivity index (χ3v) is 5.19. The number of aromatic nitrogens is 2. The number of hydrogen-bond acceptors (Lipinski definition) is 4. The van der Waals surface area contributed by atoms with Crippen molar-refractivity contribution in [3.05, 3.63) is 63.5 Å². The fourth-order valence-electron chi connectivity index (χ4n) is 2.98. The molecule has 1 aliphatic rings. The van der Waals surface area contributed by atoms with Crippen LogP contribution >= 0.6 is 11.3 Å². The Hall–Kier alpha value is -2.73. The van der Waals surface area contributed by atoms with Gasteiger partial charge in [0.2, 0.25) is 0 Å². The Morgan fingerprint density at radius 3 is 2.96 bits per heavy atom. The van der Waals surface area contributed by atoms with Crippen molar-refractivity contribution in [1.82, 2.24) is 15.6 Å². The van der Waals surface area contributed by atoms with Gasteiger partial charge in [0.15, 0.2) is 0 Å². The summed E-state index contributed by atoms with van der Waals surface area (Å²) in [5, 5.41) is 13.4. The first-order valence-corrected chi connectivity index (χ1v) is 8.66. The van der Waals surface area contributed by atoms with Gasteiger partial charge in [-0.15, -0.1) is 11.3 Å². The lowest BCUT2D eigenvalue weighted by Gasteiger charge is -2.15. The summed E-state index contributed by atoms with van der Waals surface area (Å²) in [5.74, 6) is -0.251. The highest BCUT2D eigenvalue weighted by Crippen LogP contribution is 2.33. The van der Waals surface area contributed by atoms with E-state index in [4.69, 9.17) is 0 Å². The fourth-order valence-corrected chi connectivity index (χ4v) is 3.66. The van der Waals surface area contributed by atoms with Crippen molar-refractivity contribution >= 4 is 23.0 Å². The number of H-pyrrole nitrogens is 1. The molecule has 0 saturated heterocycles. The van der Waals surface area contributed by atoms with E-state index in [0.29, 0.717) is 5.69 Å². The summed E-state index contributed by atoms with van der Waals surface area (Å²) < 4.78 is 0. The molecule has 120 valence electrons. The third kappa shape index (κ3) is 2.55. The minimum atomic E-state index is -0.251. The summed E-state index contributed by atoms with van der Waals surface area (Å²) in [7, 11) is 0. The molecule has 2 aromatic heterocycles. The average Bonchev–Trinajstić information content (AvgIpc) is 3.28. The Morgan fingerprint density at radius 1 is 1.25 bits per heavy atom. The highest BCUT2D eigenvalue weighted by molar-refractivity contribution is 7.12. The second-order valence-electron chi connectivity index (χ2n) is 5.70. The lowest BCUT2D eigenvalue weighted by Crippen LogP contribution is -2.21. The standard InChI is InChI=1S/C18H16N4OS/c1-11(15-7-4-10-24-15)19-22-18(23)17-14-9-8-12-5-2-3-6-13(12)16(14)20-21-17/h2-7,10H,8-9H2,1H3,(H,20,21)(H,22,23)/b19-11+. The van der Waals surface area contributed by atoms with Gasteiger partial charge in [0.25, 0.3) is 5.91 Å². The van der Waals surface area contributed by atoms with Crippen LogP contribution in [0.2, 0.25) is 0 Å². The number of rotatable bonds is 3. The molecule has 2 N–H and O–H groups in total. The van der Waals surface area contributed by atoms with E-state index in [0.717, 1.165) is 40.3 Å². The molecule has 6 heteroatoms. The molecule has 0 spiro atoms. The highest BCUT2D eigenvalue weighted by Gasteiger charge is 2.24. The zero-order valence-corrected chi connectivity index (χ0v) is 14.0. The number of aryl methyl sites for hydroxylation is 1. The molecule has 2 heterocycles. The molecule has 4 rings (SSSR count). The number of nitrogens with zero attached hydrogens (tertiary/aromatic N) is 2. The van der Waals surface area contributed by atoms with Crippen LogP contribution in [0.25, 0.3) is 11.3 Å². The van der Waals surface area contributed by atoms with Crippen LogP contribution in [0.3, 0.4) is 0 Å². The third-order valence-electron chi connectivity index (χ3n) is 4.21. The second-order valence-corrected chi connectivity index (χ2v) is 6.65. The zero-order chi connectivity index (χ0) is 16.5. The minimum Gasteiger partial charge on any atom is -0.272 e. The number of aromatic amines is 1. The van der Waals surface area contributed by atoms with Gasteiger partial charge in [-0.1, -0.05) is 30.3 Å². The molecule has 24 heavy (non-hydrogen) atoms. The Balaban J connectivity index is 1.59. The fraction of sp³-hybridized carbons (Fsp3) is 0.167. The van der Waals surface area contributed by atoms with Crippen LogP contribution in [0.4, 0.5) is 0 Å². The van der Waals surface area contributed by atoms with Crippen molar-refractivity contribution < 1.29 is 4.79 Å². The number of benzene rings is 1. The first-order valence-electron chi connectivity index (χ1n) is 7.78. The molecule has 0 fully saturated rings. The minimum absolute atomic E-state index is 0.251. The highest BCUT2D eigenvalue weighted by atomic mass is 32.1. The largest absolute Gasteiger partial charge is 0.289 e. The van der Waals surface area contributed by atoms with Gasteiger partial charge in [-0.2, -0.15) is 10.2 Å². The number of amides is 1. The first kappa shape index (κ1) is 14.8. The van der Waals surface area contributed by atoms with Gasteiger partial charge >= 0.3 is 0 Å². The quantitative estimate of drug-likeness (QED) is 0.568. The monoisotopic (exact) mass is 336 g/mol. The van der Waals surface area contributed by atoms with Gasteiger partial charge in [0.1, 0.15) is 5.69 Å². The van der Waals surface area contributed by atoms with E-state index < -0.39 is 0 Å². The SMILES string of the molecule is C/C(=N\NC(=O)c1[nH]nc2c1CCc1ccccc1-2)c1cccs1. The molecule has 0 saturated carbocycles. The molecule has 5 nitrogen and oxygen atoms in total. The van der Waals surface area contributed by atoms with Gasteiger partial charge < -0.3 is 0 Å². The van der Waals surface area contributed by atoms with Gasteiger partial charge in [0, 0.05) is 16.0 Å². The topological polar surface area (TPSA) is 70.1 Å². The van der Waals surface area contributed by atoms with Gasteiger partial charge in [-0.05, 0) is 36.8 Å². The summed E-state index contributed by atoms with van der Waals surface area (Å²) in [6.07, 6.45) is 1.72. The number of carbonyl (C=O) groups excluding carboxylic acids is 1. The maximum absolute atomic E-state index is 12.5. The summed E-state index contributed by atoms with van der Waals surface area (Å²) in [5.41, 5.74) is 8.14. The molecule has 0 radical (unpaired) electrons. The number of thiophene rings is 1. The molecule has 0 unspecified atom stereocenters. The van der Waals surface area contributed by atoms with E-state index >= 15 is 0 Å². The smallest absolute Gasteiger partial charge is 0.272 e. The molecular formula is C18H16N4OS. The van der Waals surface area contributed by atoms with Crippen LogP contribution in [-0.4, -0.2) is 21.8 Å². The van der Waals surface area contributed by atoms with Crippen molar-refractivity contribution in [3.8, 4) is 11.3 Å². The van der Waals surface area contributed by atoms with Crippen molar-refractivity contribution in [2.45, 2.75) is 19.8 Å². The van der Waals surface area contributed by atoms with E-state index in [1.165, 1.54) is 5.56 Å². The Bertz CT molecular complexity index is 924. The lowest BCUT2D eigenvalue weighted by atomic mass is 9.89. The van der Waals surface area contributed by atoms with E-state index in [1.807, 2.05) is 36.6 Å². The summed E-state index contributed by atoms with van der Waals surface area (Å²) in [4.78, 5) is 13.5. The van der Waals surface area contributed by atoms with Crippen LogP contribution in [0.1, 0.15) is 33.4 Å². The summed E-state index contributed by atoms with van der Waals surface area (Å²) in [6, 6.07) is 12.1. The average molecular weight is 336 g/mol. The molecule has 0 aliphatic heterocycles. The Labute approximate surface area is 143 Å². The van der Waals surface area contributed by atoms with E-state index in [2.05, 4.69) is 32.9 Å². The molecular weight excluding hydrogens is 320 g/mol. The van der Waals surface area contributed by atoms with Crippen LogP contribution < -0.4 is 5.43 Å². The van der Waals surface area contributed by atoms with Crippen LogP contribution in [0.5, 0.6) is 0 Å². The van der Waals surface area contributed by atoms with Crippen molar-refractivity contribution in [1.29, 1.82) is 0 Å². The summed E-state index contributed by atoms with van der Waals surface area (Å²) in [6.45, 7) is 1.88. The van der Waals surface area contributed by atoms with Gasteiger partial charge in [-0.3, -0.25) is 9.89 Å². The molecule has 0 bridgehead atoms. The van der Waals surface area contributed by atoms with Gasteiger partial charge in [0.05, 0.1) is 11.4 Å². The maximum atomic E-state index is 12.5. The maximum Gasteiger partial charge on any atom is 0.289 e. The molecule has 1 amide bonds. The predicted molar refractivity (Wildman–Crippen MR) is 95.4 cm³/mol. The number of hydrazone groups is 1. The van der Waals surface area contributed by atoms with E-state index in [9.17, 15) is 4.79 Å². The van der Waals surface area contributed by atoms with Crippen molar-refractivity contribution in [3.63, 3.8) is 0 Å². The first-order chi connectivity index (χ1) is 11.7. The molecule has 0 atom stereocenters. The Kier molecular flexibility index (Phi) is 3.74. The number of carbonyl (C=O) groups is 1. The second kappa shape index (κ2) is 6.05. The molecule has 1 aromatic carbocycles. The molecule has 3 aromatic rings. The number of hydrogen-bond donors (Lipinski definition) is 2. The van der Waals surface area contributed by atoms with E-state index in [1.54, 1.807) is 11.3 Å². The van der Waals surface area contributed by atoms with Crippen LogP contribution in [0.15, 0.2) is 46.9 Å². The summed E-state index contributed by atoms with van der Waals surface area (Å²) >= 11 is 1.59. The van der Waals surface area contributed by atoms with Crippen LogP contribution in [-0.2, 0) is 12.8 Å². The number of fused-ring (bicyclic) bond motifs is 3. The van der Waals surface area contributed by atoms with Crippen molar-refractivity contribution in [2.24, 2.45) is 5.10 Å². The predicted octanol–water partition coefficient (Wildman–Crippen LogP) is 3.39. The Morgan fingerprint density at radius 2 is 2.12 bits per heavy atom. The normalized spacial score (nSPS) is 13.3. The van der Waals surface area contributed by atoms with Crippen molar-refractivity contribution in [2.75, 3.05) is 0 Å². The zero-order valence-electron chi connectivity index (χ0n) is 13.2. The van der Waals surface area contributed by atoms with Crippen LogP contribution in [0, 0.1) is 0 Å².